The highest BCUT2D eigenvalue weighted by Gasteiger charge is 2.25. The normalized spacial score (nSPS) is 14.4. The largest absolute Gasteiger partial charge is 0.445 e. The summed E-state index contributed by atoms with van der Waals surface area (Å²) in [5.41, 5.74) is 10.4. The van der Waals surface area contributed by atoms with Crippen LogP contribution in [0.1, 0.15) is 35.5 Å². The molecule has 0 bridgehead atoms. The zero-order chi connectivity index (χ0) is 34.6. The standard InChI is InChI=1S/C34H36N8O5.C2H6/c35-32-31(33(44)39-28-21-36-11-10-29(28)40-16-18-46-19-17-40)38-27(22-37-32)26-8-6-24(7-9-26)20-30(43)41-12-14-42(15-13-41)34(45)47-23-25-4-2-1-3-5-25;1-2/h1-11,21-22H,12-20,23H2,(H2,35,37)(H,39,44);1-2H3. The van der Waals surface area contributed by atoms with Crippen LogP contribution in [-0.2, 0) is 27.3 Å². The third kappa shape index (κ3) is 9.08. The van der Waals surface area contributed by atoms with Gasteiger partial charge in [0.1, 0.15) is 6.61 Å². The number of nitrogens with zero attached hydrogens (tertiary/aromatic N) is 6. The van der Waals surface area contributed by atoms with E-state index in [-0.39, 0.29) is 36.5 Å². The van der Waals surface area contributed by atoms with Crippen LogP contribution in [0.4, 0.5) is 22.0 Å². The molecule has 4 heterocycles. The van der Waals surface area contributed by atoms with Crippen molar-refractivity contribution < 1.29 is 23.9 Å². The lowest BCUT2D eigenvalue weighted by Gasteiger charge is -2.34. The summed E-state index contributed by atoms with van der Waals surface area (Å²) in [6.45, 7) is 8.54. The van der Waals surface area contributed by atoms with Gasteiger partial charge in [0.2, 0.25) is 5.91 Å². The molecule has 2 aliphatic heterocycles. The Bertz CT molecular complexity index is 1710. The van der Waals surface area contributed by atoms with Gasteiger partial charge >= 0.3 is 6.09 Å². The molecule has 0 radical (unpaired) electrons. The number of nitrogens with two attached hydrogens (primary N) is 1. The van der Waals surface area contributed by atoms with Gasteiger partial charge in [-0.2, -0.15) is 0 Å². The number of hydrogen-bond donors (Lipinski definition) is 2. The molecular weight excluding hydrogens is 624 g/mol. The maximum Gasteiger partial charge on any atom is 0.410 e. The van der Waals surface area contributed by atoms with Crippen molar-refractivity contribution in [1.82, 2.24) is 24.8 Å². The molecule has 2 aromatic heterocycles. The topological polar surface area (TPSA) is 156 Å². The number of pyridine rings is 1. The third-order valence-electron chi connectivity index (χ3n) is 8.11. The second-order valence-corrected chi connectivity index (χ2v) is 11.2. The van der Waals surface area contributed by atoms with Crippen LogP contribution < -0.4 is 16.0 Å². The van der Waals surface area contributed by atoms with Gasteiger partial charge in [0.05, 0.1) is 49.1 Å². The Morgan fingerprint density at radius 3 is 2.27 bits per heavy atom. The average molecular weight is 667 g/mol. The van der Waals surface area contributed by atoms with Crippen LogP contribution >= 0.6 is 0 Å². The van der Waals surface area contributed by atoms with E-state index in [1.807, 2.05) is 74.5 Å². The molecule has 0 saturated carbocycles. The molecule has 49 heavy (non-hydrogen) atoms. The van der Waals surface area contributed by atoms with Gasteiger partial charge in [0.15, 0.2) is 11.5 Å². The number of carbonyl (C=O) groups is 3. The number of anilines is 3. The SMILES string of the molecule is CC.Nc1ncc(-c2ccc(CC(=O)N3CCN(C(=O)OCc4ccccc4)CC3)cc2)nc1C(=O)Nc1cnccc1N1CCOCC1. The van der Waals surface area contributed by atoms with Crippen LogP contribution in [0.3, 0.4) is 0 Å². The molecule has 2 saturated heterocycles. The number of nitrogens with one attached hydrogen (secondary N) is 1. The Hall–Kier alpha value is -5.56. The fraction of sp³-hybridized carbons (Fsp3) is 0.333. The predicted molar refractivity (Wildman–Crippen MR) is 187 cm³/mol. The maximum atomic E-state index is 13.3. The zero-order valence-electron chi connectivity index (χ0n) is 27.9. The summed E-state index contributed by atoms with van der Waals surface area (Å²) >= 11 is 0. The lowest BCUT2D eigenvalue weighted by atomic mass is 10.1. The van der Waals surface area contributed by atoms with E-state index in [0.717, 1.165) is 22.4 Å². The van der Waals surface area contributed by atoms with Crippen LogP contribution in [0.5, 0.6) is 0 Å². The van der Waals surface area contributed by atoms with E-state index < -0.39 is 5.91 Å². The van der Waals surface area contributed by atoms with E-state index in [2.05, 4.69) is 25.2 Å². The first-order valence-electron chi connectivity index (χ1n) is 16.5. The molecule has 2 fully saturated rings. The van der Waals surface area contributed by atoms with Crippen LogP contribution in [0, 0.1) is 0 Å². The smallest absolute Gasteiger partial charge is 0.410 e. The molecule has 13 nitrogen and oxygen atoms in total. The van der Waals surface area contributed by atoms with Gasteiger partial charge in [-0.15, -0.1) is 0 Å². The molecule has 3 amide bonds. The van der Waals surface area contributed by atoms with Gasteiger partial charge in [-0.05, 0) is 17.2 Å². The molecule has 0 aliphatic carbocycles. The van der Waals surface area contributed by atoms with Crippen molar-refractivity contribution in [3.8, 4) is 11.3 Å². The second-order valence-electron chi connectivity index (χ2n) is 11.2. The van der Waals surface area contributed by atoms with Gasteiger partial charge in [0.25, 0.3) is 5.91 Å². The quantitative estimate of drug-likeness (QED) is 0.279. The van der Waals surface area contributed by atoms with Crippen LogP contribution in [0.25, 0.3) is 11.3 Å². The highest BCUT2D eigenvalue weighted by atomic mass is 16.6. The van der Waals surface area contributed by atoms with Crippen molar-refractivity contribution in [3.63, 3.8) is 0 Å². The molecule has 13 heteroatoms. The van der Waals surface area contributed by atoms with E-state index >= 15 is 0 Å². The van der Waals surface area contributed by atoms with Gasteiger partial charge in [-0.1, -0.05) is 68.4 Å². The predicted octanol–water partition coefficient (Wildman–Crippen LogP) is 4.26. The number of morpholine rings is 1. The number of benzene rings is 2. The van der Waals surface area contributed by atoms with Crippen molar-refractivity contribution in [3.05, 3.63) is 96.1 Å². The molecule has 0 atom stereocenters. The highest BCUT2D eigenvalue weighted by Crippen LogP contribution is 2.27. The number of aromatic nitrogens is 3. The lowest BCUT2D eigenvalue weighted by Crippen LogP contribution is -2.51. The molecule has 0 spiro atoms. The average Bonchev–Trinajstić information content (AvgIpc) is 3.16. The minimum atomic E-state index is -0.494. The van der Waals surface area contributed by atoms with E-state index in [9.17, 15) is 14.4 Å². The molecule has 6 rings (SSSR count). The van der Waals surface area contributed by atoms with E-state index in [1.54, 1.807) is 22.2 Å². The third-order valence-corrected chi connectivity index (χ3v) is 8.11. The summed E-state index contributed by atoms with van der Waals surface area (Å²) in [6.07, 6.45) is 4.63. The minimum absolute atomic E-state index is 0.00150. The van der Waals surface area contributed by atoms with Crippen molar-refractivity contribution in [1.29, 1.82) is 0 Å². The van der Waals surface area contributed by atoms with Crippen LogP contribution in [0.15, 0.2) is 79.3 Å². The van der Waals surface area contributed by atoms with Gasteiger partial charge < -0.3 is 35.2 Å². The summed E-state index contributed by atoms with van der Waals surface area (Å²) in [4.78, 5) is 57.2. The molecule has 2 aromatic carbocycles. The number of rotatable bonds is 8. The van der Waals surface area contributed by atoms with E-state index in [0.29, 0.717) is 63.9 Å². The van der Waals surface area contributed by atoms with Crippen molar-refractivity contribution >= 4 is 35.1 Å². The Morgan fingerprint density at radius 1 is 0.857 bits per heavy atom. The first-order chi connectivity index (χ1) is 23.9. The molecule has 4 aromatic rings. The molecular formula is C36H42N8O5. The number of ether oxygens (including phenoxy) is 2. The first-order valence-corrected chi connectivity index (χ1v) is 16.5. The summed E-state index contributed by atoms with van der Waals surface area (Å²) in [5, 5.41) is 2.89. The highest BCUT2D eigenvalue weighted by molar-refractivity contribution is 6.07. The van der Waals surface area contributed by atoms with E-state index in [4.69, 9.17) is 15.2 Å². The lowest BCUT2D eigenvalue weighted by molar-refractivity contribution is -0.132. The summed E-state index contributed by atoms with van der Waals surface area (Å²) in [6, 6.07) is 18.8. The summed E-state index contributed by atoms with van der Waals surface area (Å²) in [5.74, 6) is -0.505. The van der Waals surface area contributed by atoms with Crippen molar-refractivity contribution in [2.24, 2.45) is 0 Å². The number of hydrogen-bond acceptors (Lipinski definition) is 10. The number of amides is 3. The Labute approximate surface area is 286 Å². The Morgan fingerprint density at radius 2 is 1.55 bits per heavy atom. The summed E-state index contributed by atoms with van der Waals surface area (Å²) in [7, 11) is 0. The molecule has 3 N–H and O–H groups in total. The van der Waals surface area contributed by atoms with Crippen LogP contribution in [-0.4, -0.2) is 95.1 Å². The molecule has 0 unspecified atom stereocenters. The fourth-order valence-corrected chi connectivity index (χ4v) is 5.48. The first kappa shape index (κ1) is 34.8. The zero-order valence-corrected chi connectivity index (χ0v) is 27.9. The molecule has 2 aliphatic rings. The van der Waals surface area contributed by atoms with Gasteiger partial charge in [-0.3, -0.25) is 14.6 Å². The second kappa shape index (κ2) is 17.0. The van der Waals surface area contributed by atoms with Crippen LogP contribution in [0.2, 0.25) is 0 Å². The van der Waals surface area contributed by atoms with Crippen molar-refractivity contribution in [2.45, 2.75) is 26.9 Å². The Kier molecular flexibility index (Phi) is 12.1. The fourth-order valence-electron chi connectivity index (χ4n) is 5.48. The number of nitrogen functional groups attached to an aromatic ring is 1. The van der Waals surface area contributed by atoms with E-state index in [1.165, 1.54) is 6.20 Å². The number of piperazine rings is 1. The Balaban J connectivity index is 0.00000230. The maximum absolute atomic E-state index is 13.3. The van der Waals surface area contributed by atoms with Gasteiger partial charge in [-0.25, -0.2) is 14.8 Å². The van der Waals surface area contributed by atoms with Gasteiger partial charge in [0, 0.05) is 51.0 Å². The monoisotopic (exact) mass is 666 g/mol. The number of carbonyl (C=O) groups excluding carboxylic acids is 3. The summed E-state index contributed by atoms with van der Waals surface area (Å²) < 4.78 is 10.9. The van der Waals surface area contributed by atoms with Crippen molar-refractivity contribution in [2.75, 3.05) is 68.4 Å². The molecule has 256 valence electrons. The minimum Gasteiger partial charge on any atom is -0.445 e.